The van der Waals surface area contributed by atoms with Gasteiger partial charge < -0.3 is 9.30 Å². The molecule has 2 rings (SSSR count). The van der Waals surface area contributed by atoms with Crippen molar-refractivity contribution in [2.45, 2.75) is 35.7 Å². The Morgan fingerprint density at radius 1 is 1.38 bits per heavy atom. The molecule has 0 spiro atoms. The van der Waals surface area contributed by atoms with Gasteiger partial charge in [-0.2, -0.15) is 4.72 Å². The van der Waals surface area contributed by atoms with E-state index >= 15 is 0 Å². The molecule has 1 atom stereocenters. The Hall–Kier alpha value is -1.43. The van der Waals surface area contributed by atoms with E-state index in [1.807, 2.05) is 27.2 Å². The molecule has 2 aromatic heterocycles. The van der Waals surface area contributed by atoms with Crippen LogP contribution in [0, 0.1) is 5.92 Å². The first-order valence-corrected chi connectivity index (χ1v) is 11.4. The first-order chi connectivity index (χ1) is 12.2. The lowest BCUT2D eigenvalue weighted by Gasteiger charge is -2.17. The zero-order chi connectivity index (χ0) is 19.5. The summed E-state index contributed by atoms with van der Waals surface area (Å²) >= 11 is 2.53. The van der Waals surface area contributed by atoms with Crippen molar-refractivity contribution in [3.8, 4) is 10.7 Å². The monoisotopic (exact) mass is 418 g/mol. The van der Waals surface area contributed by atoms with Crippen LogP contribution in [-0.2, 0) is 26.6 Å². The summed E-state index contributed by atoms with van der Waals surface area (Å²) < 4.78 is 34.4. The van der Waals surface area contributed by atoms with Crippen molar-refractivity contribution in [3.63, 3.8) is 0 Å². The number of nitrogens with one attached hydrogen (secondary N) is 1. The Morgan fingerprint density at radius 3 is 2.62 bits per heavy atom. The van der Waals surface area contributed by atoms with Crippen LogP contribution in [0.1, 0.15) is 20.3 Å². The number of hydrogen-bond donors (Lipinski definition) is 1. The van der Waals surface area contributed by atoms with Gasteiger partial charge in [-0.1, -0.05) is 25.6 Å². The minimum absolute atomic E-state index is 0.110. The van der Waals surface area contributed by atoms with Gasteiger partial charge in [0.15, 0.2) is 11.0 Å². The number of esters is 1. The second kappa shape index (κ2) is 8.51. The highest BCUT2D eigenvalue weighted by atomic mass is 32.2. The van der Waals surface area contributed by atoms with Gasteiger partial charge in [0.1, 0.15) is 10.3 Å². The topological polar surface area (TPSA) is 103 Å². The number of thioether (sulfide) groups is 1. The number of rotatable bonds is 8. The molecule has 0 radical (unpaired) electrons. The molecule has 0 aromatic carbocycles. The van der Waals surface area contributed by atoms with Gasteiger partial charge in [-0.3, -0.25) is 4.79 Å². The Bertz CT molecular complexity index is 873. The summed E-state index contributed by atoms with van der Waals surface area (Å²) in [5.41, 5.74) is 0. The lowest BCUT2D eigenvalue weighted by molar-refractivity contribution is -0.143. The normalized spacial score (nSPS) is 13.2. The predicted molar refractivity (Wildman–Crippen MR) is 102 cm³/mol. The summed E-state index contributed by atoms with van der Waals surface area (Å²) in [5.74, 6) is 0.119. The van der Waals surface area contributed by atoms with Crippen molar-refractivity contribution in [2.75, 3.05) is 13.4 Å². The fourth-order valence-corrected chi connectivity index (χ4v) is 5.37. The quantitative estimate of drug-likeness (QED) is 0.517. The molecule has 144 valence electrons. The van der Waals surface area contributed by atoms with Crippen molar-refractivity contribution in [1.82, 2.24) is 19.5 Å². The number of ether oxygens (including phenoxy) is 1. The van der Waals surface area contributed by atoms with Gasteiger partial charge in [-0.15, -0.1) is 21.5 Å². The second-order valence-corrected chi connectivity index (χ2v) is 9.81. The van der Waals surface area contributed by atoms with E-state index in [9.17, 15) is 13.2 Å². The van der Waals surface area contributed by atoms with Crippen molar-refractivity contribution in [1.29, 1.82) is 0 Å². The van der Waals surface area contributed by atoms with E-state index in [4.69, 9.17) is 4.74 Å². The number of hydrogen-bond acceptors (Lipinski definition) is 8. The molecular formula is C15H22N4O4S3. The van der Waals surface area contributed by atoms with Crippen LogP contribution in [0.15, 0.2) is 21.5 Å². The van der Waals surface area contributed by atoms with Crippen molar-refractivity contribution >= 4 is 39.1 Å². The zero-order valence-electron chi connectivity index (χ0n) is 15.2. The van der Waals surface area contributed by atoms with E-state index in [1.54, 1.807) is 10.6 Å². The number of carbonyl (C=O) groups is 1. The minimum atomic E-state index is -3.85. The van der Waals surface area contributed by atoms with Gasteiger partial charge in [-0.05, 0) is 30.7 Å². The molecule has 0 saturated carbocycles. The molecular weight excluding hydrogens is 396 g/mol. The largest absolute Gasteiger partial charge is 0.468 e. The predicted octanol–water partition coefficient (Wildman–Crippen LogP) is 2.13. The van der Waals surface area contributed by atoms with Crippen molar-refractivity contribution in [3.05, 3.63) is 12.1 Å². The first kappa shape index (κ1) is 20.9. The van der Waals surface area contributed by atoms with Crippen LogP contribution in [0.4, 0.5) is 0 Å². The fourth-order valence-electron chi connectivity index (χ4n) is 2.34. The molecule has 0 aliphatic rings. The second-order valence-electron chi connectivity index (χ2n) is 6.01. The molecule has 0 unspecified atom stereocenters. The third kappa shape index (κ3) is 4.64. The van der Waals surface area contributed by atoms with E-state index < -0.39 is 22.0 Å². The summed E-state index contributed by atoms with van der Waals surface area (Å²) in [7, 11) is -0.791. The Kier molecular flexibility index (Phi) is 6.83. The van der Waals surface area contributed by atoms with E-state index in [-0.39, 0.29) is 10.1 Å². The molecule has 0 fully saturated rings. The third-order valence-electron chi connectivity index (χ3n) is 3.57. The Labute approximate surface area is 161 Å². The summed E-state index contributed by atoms with van der Waals surface area (Å²) in [6, 6.07) is 2.26. The molecule has 0 aliphatic carbocycles. The molecule has 0 amide bonds. The maximum absolute atomic E-state index is 12.7. The zero-order valence-corrected chi connectivity index (χ0v) is 17.7. The lowest BCUT2D eigenvalue weighted by atomic mass is 10.1. The number of thiophene rings is 1. The highest BCUT2D eigenvalue weighted by Gasteiger charge is 2.28. The third-order valence-corrected chi connectivity index (χ3v) is 7.34. The van der Waals surface area contributed by atoms with Crippen LogP contribution in [0.5, 0.6) is 0 Å². The maximum atomic E-state index is 12.7. The highest BCUT2D eigenvalue weighted by molar-refractivity contribution is 7.98. The van der Waals surface area contributed by atoms with Crippen molar-refractivity contribution < 1.29 is 17.9 Å². The fraction of sp³-hybridized carbons (Fsp3) is 0.533. The summed E-state index contributed by atoms with van der Waals surface area (Å²) in [6.07, 6.45) is 2.24. The summed E-state index contributed by atoms with van der Waals surface area (Å²) in [5, 5.41) is 8.90. The van der Waals surface area contributed by atoms with Crippen molar-refractivity contribution in [2.24, 2.45) is 13.0 Å². The van der Waals surface area contributed by atoms with Gasteiger partial charge in [0.25, 0.3) is 10.0 Å². The van der Waals surface area contributed by atoms with Gasteiger partial charge in [0, 0.05) is 7.05 Å². The average Bonchev–Trinajstić information content (AvgIpc) is 3.19. The molecule has 8 nitrogen and oxygen atoms in total. The van der Waals surface area contributed by atoms with Gasteiger partial charge in [-0.25, -0.2) is 8.42 Å². The van der Waals surface area contributed by atoms with E-state index in [0.29, 0.717) is 17.1 Å². The van der Waals surface area contributed by atoms with Crippen LogP contribution in [-0.4, -0.2) is 48.6 Å². The number of aromatic nitrogens is 3. The van der Waals surface area contributed by atoms with Crippen LogP contribution < -0.4 is 4.72 Å². The smallest absolute Gasteiger partial charge is 0.323 e. The standard InChI is InChI=1S/C15H22N4O4S3/c1-9(2)8-10(14(20)23-4)18-26(21,22)12-7-6-11(25-12)13-16-17-15(24-5)19(13)3/h6-7,9-10,18H,8H2,1-5H3/t10-/m0/s1. The lowest BCUT2D eigenvalue weighted by Crippen LogP contribution is -2.42. The molecule has 0 saturated heterocycles. The van der Waals surface area contributed by atoms with Gasteiger partial charge >= 0.3 is 5.97 Å². The summed E-state index contributed by atoms with van der Waals surface area (Å²) in [6.45, 7) is 3.82. The van der Waals surface area contributed by atoms with E-state index in [0.717, 1.165) is 16.5 Å². The number of nitrogens with zero attached hydrogens (tertiary/aromatic N) is 3. The van der Waals surface area contributed by atoms with Crippen LogP contribution in [0.25, 0.3) is 10.7 Å². The number of carbonyl (C=O) groups excluding carboxylic acids is 1. The average molecular weight is 419 g/mol. The van der Waals surface area contributed by atoms with Gasteiger partial charge in [0.05, 0.1) is 12.0 Å². The Morgan fingerprint density at radius 2 is 2.08 bits per heavy atom. The molecule has 0 aliphatic heterocycles. The van der Waals surface area contributed by atoms with Gasteiger partial charge in [0.2, 0.25) is 0 Å². The SMILES string of the molecule is COC(=O)[C@H](CC(C)C)NS(=O)(=O)c1ccc(-c2nnc(SC)n2C)s1. The molecule has 11 heteroatoms. The van der Waals surface area contributed by atoms with Crippen LogP contribution in [0.3, 0.4) is 0 Å². The molecule has 26 heavy (non-hydrogen) atoms. The van der Waals surface area contributed by atoms with E-state index in [2.05, 4.69) is 14.9 Å². The highest BCUT2D eigenvalue weighted by Crippen LogP contribution is 2.31. The molecule has 1 N–H and O–H groups in total. The molecule has 2 aromatic rings. The maximum Gasteiger partial charge on any atom is 0.323 e. The molecule has 2 heterocycles. The van der Waals surface area contributed by atoms with E-state index in [1.165, 1.54) is 24.9 Å². The van der Waals surface area contributed by atoms with Crippen LogP contribution in [0.2, 0.25) is 0 Å². The number of sulfonamides is 1. The number of methoxy groups -OCH3 is 1. The minimum Gasteiger partial charge on any atom is -0.468 e. The Balaban J connectivity index is 2.28. The van der Waals surface area contributed by atoms with Crippen LogP contribution >= 0.6 is 23.1 Å². The first-order valence-electron chi connectivity index (χ1n) is 7.83. The summed E-state index contributed by atoms with van der Waals surface area (Å²) in [4.78, 5) is 12.6. The molecule has 0 bridgehead atoms.